The van der Waals surface area contributed by atoms with E-state index >= 15 is 0 Å². The van der Waals surface area contributed by atoms with E-state index in [0.29, 0.717) is 35.9 Å². The third kappa shape index (κ3) is 5.74. The Morgan fingerprint density at radius 1 is 1.10 bits per heavy atom. The van der Waals surface area contributed by atoms with Crippen LogP contribution in [0, 0.1) is 11.3 Å². The van der Waals surface area contributed by atoms with Crippen molar-refractivity contribution in [3.63, 3.8) is 0 Å². The van der Waals surface area contributed by atoms with Crippen molar-refractivity contribution in [2.45, 2.75) is 44.5 Å². The zero-order chi connectivity index (χ0) is 26.6. The lowest BCUT2D eigenvalue weighted by Crippen LogP contribution is -2.51. The van der Waals surface area contributed by atoms with Crippen molar-refractivity contribution in [3.8, 4) is 22.9 Å². The molecule has 1 atom stereocenters. The van der Waals surface area contributed by atoms with Gasteiger partial charge in [0.1, 0.15) is 30.6 Å². The molecule has 2 aliphatic heterocycles. The number of rotatable bonds is 9. The summed E-state index contributed by atoms with van der Waals surface area (Å²) in [4.78, 5) is 15.5. The molecule has 1 N–H and O–H groups in total. The Morgan fingerprint density at radius 3 is 2.62 bits per heavy atom. The topological polar surface area (TPSA) is 132 Å². The van der Waals surface area contributed by atoms with Crippen molar-refractivity contribution >= 4 is 11.6 Å². The summed E-state index contributed by atoms with van der Waals surface area (Å²) in [6.07, 6.45) is 12.4. The van der Waals surface area contributed by atoms with Crippen molar-refractivity contribution in [3.05, 3.63) is 61.2 Å². The molecule has 200 valence electrons. The lowest BCUT2D eigenvalue weighted by molar-refractivity contribution is -0.0734. The summed E-state index contributed by atoms with van der Waals surface area (Å²) in [5.41, 5.74) is 2.99. The maximum absolute atomic E-state index is 9.55. The summed E-state index contributed by atoms with van der Waals surface area (Å²) in [6.45, 7) is 6.33. The molecule has 39 heavy (non-hydrogen) atoms. The van der Waals surface area contributed by atoms with Crippen LogP contribution in [0.1, 0.15) is 31.4 Å². The van der Waals surface area contributed by atoms with Crippen LogP contribution >= 0.6 is 0 Å². The van der Waals surface area contributed by atoms with Gasteiger partial charge in [-0.15, -0.1) is 0 Å². The van der Waals surface area contributed by atoms with Crippen LogP contribution in [-0.2, 0) is 11.3 Å². The summed E-state index contributed by atoms with van der Waals surface area (Å²) in [5.74, 6) is 0.994. The van der Waals surface area contributed by atoms with Crippen LogP contribution in [0.15, 0.2) is 55.6 Å². The number of nitrogens with zero attached hydrogens (tertiary/aromatic N) is 9. The normalized spacial score (nSPS) is 17.3. The number of hydrogen-bond donors (Lipinski definition) is 1. The van der Waals surface area contributed by atoms with E-state index in [9.17, 15) is 5.26 Å². The standard InChI is InChI=1S/C27H30N10O2/c1-19(13-36-18-29-17-33-36)39-26-8-20(2-3-21(26)9-28)22-10-30-27(31-11-22)34-23-12-32-37(14-23)24-4-6-35(7-5-24)25-15-38-16-25/h2-3,8,10-12,14,17-19,24-25H,4-7,13,15-16H2,1H3,(H,30,31,34). The molecule has 0 aliphatic carbocycles. The van der Waals surface area contributed by atoms with Gasteiger partial charge in [-0.3, -0.25) is 9.58 Å². The fourth-order valence-corrected chi connectivity index (χ4v) is 4.96. The minimum Gasteiger partial charge on any atom is -0.487 e. The van der Waals surface area contributed by atoms with Gasteiger partial charge in [-0.2, -0.15) is 15.5 Å². The van der Waals surface area contributed by atoms with E-state index in [1.54, 1.807) is 29.5 Å². The van der Waals surface area contributed by atoms with Gasteiger partial charge < -0.3 is 14.8 Å². The molecule has 3 aromatic heterocycles. The molecule has 12 nitrogen and oxygen atoms in total. The van der Waals surface area contributed by atoms with Crippen LogP contribution in [0.25, 0.3) is 11.1 Å². The highest BCUT2D eigenvalue weighted by atomic mass is 16.5. The summed E-state index contributed by atoms with van der Waals surface area (Å²) < 4.78 is 15.1. The molecule has 1 aromatic carbocycles. The van der Waals surface area contributed by atoms with Gasteiger partial charge in [0.15, 0.2) is 0 Å². The quantitative estimate of drug-likeness (QED) is 0.347. The van der Waals surface area contributed by atoms with Crippen LogP contribution in [0.2, 0.25) is 0 Å². The smallest absolute Gasteiger partial charge is 0.227 e. The maximum atomic E-state index is 9.55. The number of benzene rings is 1. The highest BCUT2D eigenvalue weighted by molar-refractivity contribution is 5.66. The van der Waals surface area contributed by atoms with Crippen LogP contribution in [-0.4, -0.2) is 77.9 Å². The molecule has 1 unspecified atom stereocenters. The van der Waals surface area contributed by atoms with Gasteiger partial charge in [-0.05, 0) is 37.5 Å². The molecule has 0 amide bonds. The Morgan fingerprint density at radius 2 is 1.92 bits per heavy atom. The first-order valence-electron chi connectivity index (χ1n) is 13.1. The molecule has 0 spiro atoms. The summed E-state index contributed by atoms with van der Waals surface area (Å²) in [6, 6.07) is 8.65. The monoisotopic (exact) mass is 526 g/mol. The number of likely N-dealkylation sites (tertiary alicyclic amines) is 1. The summed E-state index contributed by atoms with van der Waals surface area (Å²) >= 11 is 0. The first-order valence-corrected chi connectivity index (χ1v) is 13.1. The molecule has 0 radical (unpaired) electrons. The Labute approximate surface area is 226 Å². The second-order valence-corrected chi connectivity index (χ2v) is 9.96. The van der Waals surface area contributed by atoms with Crippen molar-refractivity contribution in [1.82, 2.24) is 39.4 Å². The SMILES string of the molecule is CC(Cn1cncn1)Oc1cc(-c2cnc(Nc3cnn(C4CCN(C5COC5)CC4)c3)nc2)ccc1C#N. The van der Waals surface area contributed by atoms with Gasteiger partial charge in [0.25, 0.3) is 0 Å². The first kappa shape index (κ1) is 25.0. The molecule has 6 rings (SSSR count). The Kier molecular flexibility index (Phi) is 7.16. The highest BCUT2D eigenvalue weighted by Gasteiger charge is 2.30. The van der Waals surface area contributed by atoms with Crippen molar-refractivity contribution in [2.75, 3.05) is 31.6 Å². The Balaban J connectivity index is 1.08. The molecule has 12 heteroatoms. The lowest BCUT2D eigenvalue weighted by atomic mass is 10.0. The number of nitrogens with one attached hydrogen (secondary N) is 1. The van der Waals surface area contributed by atoms with Crippen LogP contribution < -0.4 is 10.1 Å². The lowest BCUT2D eigenvalue weighted by Gasteiger charge is -2.41. The van der Waals surface area contributed by atoms with Gasteiger partial charge in [-0.25, -0.2) is 19.6 Å². The molecule has 5 heterocycles. The molecular weight excluding hydrogens is 496 g/mol. The van der Waals surface area contributed by atoms with Gasteiger partial charge >= 0.3 is 0 Å². The van der Waals surface area contributed by atoms with Crippen LogP contribution in [0.5, 0.6) is 5.75 Å². The minimum absolute atomic E-state index is 0.206. The van der Waals surface area contributed by atoms with Crippen molar-refractivity contribution in [1.29, 1.82) is 5.26 Å². The minimum atomic E-state index is -0.206. The third-order valence-electron chi connectivity index (χ3n) is 7.19. The van der Waals surface area contributed by atoms with E-state index in [1.165, 1.54) is 6.33 Å². The zero-order valence-corrected chi connectivity index (χ0v) is 21.7. The maximum Gasteiger partial charge on any atom is 0.227 e. The molecule has 0 saturated carbocycles. The van der Waals surface area contributed by atoms with Gasteiger partial charge in [0, 0.05) is 37.2 Å². The average molecular weight is 527 g/mol. The Bertz CT molecular complexity index is 1420. The predicted octanol–water partition coefficient (Wildman–Crippen LogP) is 3.05. The van der Waals surface area contributed by atoms with Crippen molar-refractivity contribution < 1.29 is 9.47 Å². The molecule has 2 saturated heterocycles. The van der Waals surface area contributed by atoms with E-state index in [2.05, 4.69) is 41.4 Å². The first-order chi connectivity index (χ1) is 19.1. The number of aromatic nitrogens is 7. The van der Waals surface area contributed by atoms with E-state index in [4.69, 9.17) is 9.47 Å². The van der Waals surface area contributed by atoms with Crippen LogP contribution in [0.4, 0.5) is 11.6 Å². The Hall–Kier alpha value is -4.34. The molecule has 2 fully saturated rings. The number of ether oxygens (including phenoxy) is 2. The number of piperidine rings is 1. The fraction of sp³-hybridized carbons (Fsp3) is 0.407. The van der Waals surface area contributed by atoms with Crippen LogP contribution in [0.3, 0.4) is 0 Å². The molecule has 4 aromatic rings. The molecule has 0 bridgehead atoms. The molecule has 2 aliphatic rings. The number of nitriles is 1. The van der Waals surface area contributed by atoms with Crippen molar-refractivity contribution in [2.24, 2.45) is 0 Å². The fourth-order valence-electron chi connectivity index (χ4n) is 4.96. The zero-order valence-electron chi connectivity index (χ0n) is 21.7. The van der Waals surface area contributed by atoms with Gasteiger partial charge in [-0.1, -0.05) is 6.07 Å². The predicted molar refractivity (Wildman–Crippen MR) is 142 cm³/mol. The van der Waals surface area contributed by atoms with E-state index < -0.39 is 0 Å². The number of anilines is 2. The summed E-state index contributed by atoms with van der Waals surface area (Å²) in [7, 11) is 0. The molecular formula is C27H30N10O2. The van der Waals surface area contributed by atoms with E-state index in [0.717, 1.165) is 56.0 Å². The van der Waals surface area contributed by atoms with E-state index in [1.807, 2.05) is 36.1 Å². The average Bonchev–Trinajstić information content (AvgIpc) is 3.61. The second kappa shape index (κ2) is 11.2. The van der Waals surface area contributed by atoms with E-state index in [-0.39, 0.29) is 6.10 Å². The largest absolute Gasteiger partial charge is 0.487 e. The highest BCUT2D eigenvalue weighted by Crippen LogP contribution is 2.29. The van der Waals surface area contributed by atoms with Gasteiger partial charge in [0.05, 0.1) is 49.3 Å². The summed E-state index contributed by atoms with van der Waals surface area (Å²) in [5, 5.41) is 21.5. The van der Waals surface area contributed by atoms with Gasteiger partial charge in [0.2, 0.25) is 5.95 Å². The second-order valence-electron chi connectivity index (χ2n) is 9.96. The number of hydrogen-bond acceptors (Lipinski definition) is 10. The third-order valence-corrected chi connectivity index (χ3v) is 7.19.